The van der Waals surface area contributed by atoms with Crippen molar-refractivity contribution in [2.24, 2.45) is 0 Å². The Morgan fingerprint density at radius 3 is 2.47 bits per heavy atom. The van der Waals surface area contributed by atoms with E-state index < -0.39 is 6.04 Å². The highest BCUT2D eigenvalue weighted by Crippen LogP contribution is 2.28. The van der Waals surface area contributed by atoms with E-state index in [-0.39, 0.29) is 11.8 Å². The molecule has 0 radical (unpaired) electrons. The normalized spacial score (nSPS) is 18.8. The molecule has 2 aromatic carbocycles. The Hall–Kier alpha value is -3.32. The Balaban J connectivity index is 1.55. The first-order valence-corrected chi connectivity index (χ1v) is 10.1. The van der Waals surface area contributed by atoms with Gasteiger partial charge in [0.1, 0.15) is 5.75 Å². The number of Topliss-reactive ketones (excluding diaryl/α,β-unsaturated/α-hetero) is 1. The highest BCUT2D eigenvalue weighted by atomic mass is 16.5. The van der Waals surface area contributed by atoms with E-state index in [0.29, 0.717) is 31.0 Å². The third kappa shape index (κ3) is 4.31. The van der Waals surface area contributed by atoms with Crippen molar-refractivity contribution in [1.82, 2.24) is 10.6 Å². The van der Waals surface area contributed by atoms with Crippen molar-refractivity contribution in [2.75, 3.05) is 37.8 Å². The molecule has 0 bridgehead atoms. The average Bonchev–Trinajstić information content (AvgIpc) is 2.80. The molecule has 1 atom stereocenters. The Labute approximate surface area is 175 Å². The molecule has 0 aromatic heterocycles. The van der Waals surface area contributed by atoms with E-state index in [2.05, 4.69) is 15.5 Å². The molecule has 0 saturated carbocycles. The van der Waals surface area contributed by atoms with Gasteiger partial charge in [0, 0.05) is 36.1 Å². The fourth-order valence-corrected chi connectivity index (χ4v) is 3.67. The summed E-state index contributed by atoms with van der Waals surface area (Å²) in [6, 6.07) is 14.1. The van der Waals surface area contributed by atoms with Crippen molar-refractivity contribution in [2.45, 2.75) is 13.0 Å². The van der Waals surface area contributed by atoms with Crippen LogP contribution in [0.1, 0.15) is 28.9 Å². The van der Waals surface area contributed by atoms with Crippen LogP contribution in [0.4, 0.5) is 10.5 Å². The fraction of sp³-hybridized carbons (Fsp3) is 0.304. The van der Waals surface area contributed by atoms with Crippen LogP contribution in [-0.2, 0) is 4.74 Å². The van der Waals surface area contributed by atoms with Gasteiger partial charge in [-0.05, 0) is 48.9 Å². The van der Waals surface area contributed by atoms with Gasteiger partial charge in [-0.25, -0.2) is 4.79 Å². The third-order valence-corrected chi connectivity index (χ3v) is 5.24. The van der Waals surface area contributed by atoms with Gasteiger partial charge in [0.25, 0.3) is 0 Å². The summed E-state index contributed by atoms with van der Waals surface area (Å²) < 4.78 is 10.9. The average molecular weight is 407 g/mol. The molecule has 2 amide bonds. The van der Waals surface area contributed by atoms with E-state index in [1.165, 1.54) is 6.20 Å². The predicted octanol–water partition coefficient (Wildman–Crippen LogP) is 3.04. The molecule has 1 fully saturated rings. The van der Waals surface area contributed by atoms with Crippen LogP contribution < -0.4 is 20.3 Å². The van der Waals surface area contributed by atoms with E-state index in [9.17, 15) is 9.59 Å². The van der Waals surface area contributed by atoms with Crippen LogP contribution in [0.3, 0.4) is 0 Å². The number of ether oxygens (including phenoxy) is 2. The van der Waals surface area contributed by atoms with Gasteiger partial charge in [0.15, 0.2) is 5.78 Å². The number of rotatable bonds is 6. The SMILES string of the molecule is CCOc1ccc(C2NC(=O)NC=C2C(=O)c2ccc(N3CCOCC3)cc2)cc1. The number of hydrogen-bond donors (Lipinski definition) is 2. The van der Waals surface area contributed by atoms with Crippen LogP contribution in [0.5, 0.6) is 5.75 Å². The first-order chi connectivity index (χ1) is 14.7. The van der Waals surface area contributed by atoms with Gasteiger partial charge in [0.05, 0.1) is 25.9 Å². The zero-order chi connectivity index (χ0) is 20.9. The van der Waals surface area contributed by atoms with Gasteiger partial charge in [-0.3, -0.25) is 4.79 Å². The van der Waals surface area contributed by atoms with Gasteiger partial charge in [-0.15, -0.1) is 0 Å². The number of hydrogen-bond acceptors (Lipinski definition) is 5. The second-order valence-corrected chi connectivity index (χ2v) is 7.13. The van der Waals surface area contributed by atoms with Gasteiger partial charge in [-0.1, -0.05) is 12.1 Å². The minimum absolute atomic E-state index is 0.130. The summed E-state index contributed by atoms with van der Waals surface area (Å²) in [5.41, 5.74) is 2.95. The number of carbonyl (C=O) groups excluding carboxylic acids is 2. The number of amides is 2. The smallest absolute Gasteiger partial charge is 0.319 e. The van der Waals surface area contributed by atoms with Crippen molar-refractivity contribution >= 4 is 17.5 Å². The van der Waals surface area contributed by atoms with Crippen LogP contribution in [0.25, 0.3) is 0 Å². The summed E-state index contributed by atoms with van der Waals surface area (Å²) in [6.45, 7) is 5.60. The topological polar surface area (TPSA) is 79.9 Å². The van der Waals surface area contributed by atoms with Crippen molar-refractivity contribution in [3.05, 3.63) is 71.4 Å². The lowest BCUT2D eigenvalue weighted by Gasteiger charge is -2.29. The number of nitrogens with zero attached hydrogens (tertiary/aromatic N) is 1. The Bertz CT molecular complexity index is 932. The van der Waals surface area contributed by atoms with Crippen molar-refractivity contribution < 1.29 is 19.1 Å². The molecule has 4 rings (SSSR count). The minimum Gasteiger partial charge on any atom is -0.494 e. The number of morpholine rings is 1. The van der Waals surface area contributed by atoms with E-state index in [0.717, 1.165) is 30.1 Å². The second kappa shape index (κ2) is 9.00. The molecule has 1 saturated heterocycles. The number of carbonyl (C=O) groups is 2. The highest BCUT2D eigenvalue weighted by Gasteiger charge is 2.28. The number of ketones is 1. The lowest BCUT2D eigenvalue weighted by molar-refractivity contribution is 0.102. The molecule has 7 heteroatoms. The van der Waals surface area contributed by atoms with Crippen molar-refractivity contribution in [3.8, 4) is 5.75 Å². The third-order valence-electron chi connectivity index (χ3n) is 5.24. The van der Waals surface area contributed by atoms with E-state index in [4.69, 9.17) is 9.47 Å². The Kier molecular flexibility index (Phi) is 5.99. The highest BCUT2D eigenvalue weighted by molar-refractivity contribution is 6.10. The van der Waals surface area contributed by atoms with Crippen LogP contribution in [0, 0.1) is 0 Å². The molecule has 156 valence electrons. The Morgan fingerprint density at radius 2 is 1.80 bits per heavy atom. The molecule has 0 spiro atoms. The van der Waals surface area contributed by atoms with E-state index >= 15 is 0 Å². The number of anilines is 1. The summed E-state index contributed by atoms with van der Waals surface area (Å²) in [6.07, 6.45) is 1.50. The fourth-order valence-electron chi connectivity index (χ4n) is 3.67. The predicted molar refractivity (Wildman–Crippen MR) is 114 cm³/mol. The molecule has 1 unspecified atom stereocenters. The standard InChI is InChI=1S/C23H25N3O4/c1-2-30-19-9-5-16(6-10-19)21-20(15-24-23(28)25-21)22(27)17-3-7-18(8-4-17)26-11-13-29-14-12-26/h3-10,15,21H,2,11-14H2,1H3,(H2,24,25,28). The van der Waals surface area contributed by atoms with Crippen LogP contribution in [0.2, 0.25) is 0 Å². The number of urea groups is 1. The van der Waals surface area contributed by atoms with Gasteiger partial charge < -0.3 is 25.0 Å². The molecule has 7 nitrogen and oxygen atoms in total. The van der Waals surface area contributed by atoms with Crippen LogP contribution in [-0.4, -0.2) is 44.7 Å². The molecule has 2 aromatic rings. The van der Waals surface area contributed by atoms with Crippen LogP contribution >= 0.6 is 0 Å². The van der Waals surface area contributed by atoms with Gasteiger partial charge in [0.2, 0.25) is 0 Å². The van der Waals surface area contributed by atoms with E-state index in [1.807, 2.05) is 55.5 Å². The molecule has 30 heavy (non-hydrogen) atoms. The summed E-state index contributed by atoms with van der Waals surface area (Å²) in [4.78, 5) is 27.4. The monoisotopic (exact) mass is 407 g/mol. The zero-order valence-corrected chi connectivity index (χ0v) is 16.9. The molecule has 2 aliphatic rings. The molecular formula is C23H25N3O4. The van der Waals surface area contributed by atoms with Crippen molar-refractivity contribution in [1.29, 1.82) is 0 Å². The summed E-state index contributed by atoms with van der Waals surface area (Å²) in [5.74, 6) is 0.618. The van der Waals surface area contributed by atoms with E-state index in [1.54, 1.807) is 0 Å². The molecule has 2 aliphatic heterocycles. The second-order valence-electron chi connectivity index (χ2n) is 7.13. The molecule has 0 aliphatic carbocycles. The number of nitrogens with one attached hydrogen (secondary N) is 2. The van der Waals surface area contributed by atoms with Crippen LogP contribution in [0.15, 0.2) is 60.3 Å². The quantitative estimate of drug-likeness (QED) is 0.720. The maximum atomic E-state index is 13.2. The minimum atomic E-state index is -0.527. The first kappa shape index (κ1) is 20.0. The Morgan fingerprint density at radius 1 is 1.10 bits per heavy atom. The maximum absolute atomic E-state index is 13.2. The number of benzene rings is 2. The summed E-state index contributed by atoms with van der Waals surface area (Å²) in [5, 5.41) is 5.44. The maximum Gasteiger partial charge on any atom is 0.319 e. The first-order valence-electron chi connectivity index (χ1n) is 10.1. The zero-order valence-electron chi connectivity index (χ0n) is 16.9. The molecule has 2 heterocycles. The summed E-state index contributed by atoms with van der Waals surface area (Å²) >= 11 is 0. The van der Waals surface area contributed by atoms with Gasteiger partial charge in [-0.2, -0.15) is 0 Å². The lowest BCUT2D eigenvalue weighted by Crippen LogP contribution is -2.42. The molecular weight excluding hydrogens is 382 g/mol. The molecule has 2 N–H and O–H groups in total. The largest absolute Gasteiger partial charge is 0.494 e. The lowest BCUT2D eigenvalue weighted by atomic mass is 9.92. The van der Waals surface area contributed by atoms with Gasteiger partial charge >= 0.3 is 6.03 Å². The summed E-state index contributed by atoms with van der Waals surface area (Å²) in [7, 11) is 0. The van der Waals surface area contributed by atoms with Crippen molar-refractivity contribution in [3.63, 3.8) is 0 Å².